The van der Waals surface area contributed by atoms with Crippen molar-refractivity contribution in [1.29, 1.82) is 0 Å². The number of Topliss-reactive ketones (excluding diaryl/α,β-unsaturated/α-hetero) is 1. The molecule has 0 aromatic rings. The fourth-order valence-electron chi connectivity index (χ4n) is 5.79. The normalized spacial score (nSPS) is 16.1. The third kappa shape index (κ3) is 37.9. The molecule has 1 fully saturated rings. The molecule has 1 aliphatic carbocycles. The highest BCUT2D eigenvalue weighted by molar-refractivity contribution is 5.78. The lowest BCUT2D eigenvalue weighted by molar-refractivity contribution is -0.120. The summed E-state index contributed by atoms with van der Waals surface area (Å²) in [6, 6.07) is 0. The molecular formula is C40H78O13. The Balaban J connectivity index is 1.66. The third-order valence-corrected chi connectivity index (χ3v) is 8.94. The summed E-state index contributed by atoms with van der Waals surface area (Å²) < 4.78 is 65.2. The summed E-state index contributed by atoms with van der Waals surface area (Å²) in [7, 11) is 1.65. The van der Waals surface area contributed by atoms with Crippen molar-refractivity contribution in [2.75, 3.05) is 159 Å². The zero-order chi connectivity index (χ0) is 38.0. The van der Waals surface area contributed by atoms with Gasteiger partial charge in [0.2, 0.25) is 0 Å². The summed E-state index contributed by atoms with van der Waals surface area (Å²) in [6.07, 6.45) is 14.5. The SMILES string of the molecule is CCCCCCC1CCC(CCC(=O)CCOCCOCCOCCOCCOCCOCCOCCOCCOCCOCCOCCOC)CC1. The molecule has 0 aliphatic heterocycles. The van der Waals surface area contributed by atoms with E-state index >= 15 is 0 Å². The first-order chi connectivity index (χ1) is 26.3. The highest BCUT2D eigenvalue weighted by atomic mass is 16.6. The molecule has 0 unspecified atom stereocenters. The number of ether oxygens (including phenoxy) is 12. The second kappa shape index (κ2) is 42.3. The molecule has 0 heterocycles. The van der Waals surface area contributed by atoms with Crippen molar-refractivity contribution in [2.24, 2.45) is 11.8 Å². The Kier molecular flexibility index (Phi) is 40.1. The standard InChI is InChI=1S/C40H78O13/c1-3-4-5-6-7-38-8-10-39(11-9-38)12-13-40(41)14-15-43-18-19-45-22-23-47-26-27-49-30-31-51-34-35-53-37-36-52-33-32-50-29-28-48-25-24-46-21-20-44-17-16-42-2/h38-39H,3-37H2,1-2H3. The summed E-state index contributed by atoms with van der Waals surface area (Å²) in [6.45, 7) is 14.2. The van der Waals surface area contributed by atoms with Gasteiger partial charge in [0, 0.05) is 20.0 Å². The van der Waals surface area contributed by atoms with E-state index in [0.29, 0.717) is 171 Å². The van der Waals surface area contributed by atoms with Gasteiger partial charge in [0.25, 0.3) is 0 Å². The van der Waals surface area contributed by atoms with Crippen LogP contribution in [0.1, 0.15) is 84.0 Å². The molecule has 0 radical (unpaired) electrons. The van der Waals surface area contributed by atoms with Crippen molar-refractivity contribution in [1.82, 2.24) is 0 Å². The zero-order valence-electron chi connectivity index (χ0n) is 33.7. The molecule has 0 saturated heterocycles. The van der Waals surface area contributed by atoms with Gasteiger partial charge in [-0.25, -0.2) is 0 Å². The quantitative estimate of drug-likeness (QED) is 0.0743. The van der Waals surface area contributed by atoms with Crippen molar-refractivity contribution >= 4 is 5.78 Å². The predicted molar refractivity (Wildman–Crippen MR) is 204 cm³/mol. The predicted octanol–water partition coefficient (Wildman–Crippen LogP) is 5.33. The topological polar surface area (TPSA) is 128 Å². The number of carbonyl (C=O) groups is 1. The first-order valence-corrected chi connectivity index (χ1v) is 20.6. The first-order valence-electron chi connectivity index (χ1n) is 20.6. The maximum atomic E-state index is 12.3. The number of carbonyl (C=O) groups excluding carboxylic acids is 1. The molecule has 0 aromatic heterocycles. The van der Waals surface area contributed by atoms with Crippen molar-refractivity contribution in [2.45, 2.75) is 84.0 Å². The second-order valence-corrected chi connectivity index (χ2v) is 13.3. The van der Waals surface area contributed by atoms with E-state index in [9.17, 15) is 4.79 Å². The van der Waals surface area contributed by atoms with Gasteiger partial charge < -0.3 is 56.8 Å². The molecule has 13 heteroatoms. The van der Waals surface area contributed by atoms with E-state index in [4.69, 9.17) is 56.8 Å². The molecule has 1 saturated carbocycles. The van der Waals surface area contributed by atoms with Gasteiger partial charge in [-0.2, -0.15) is 0 Å². The van der Waals surface area contributed by atoms with Crippen LogP contribution in [0.25, 0.3) is 0 Å². The Hall–Kier alpha value is -0.810. The Morgan fingerprint density at radius 3 is 1.00 bits per heavy atom. The van der Waals surface area contributed by atoms with Crippen LogP contribution in [-0.2, 0) is 61.6 Å². The van der Waals surface area contributed by atoms with E-state index in [0.717, 1.165) is 18.3 Å². The molecule has 316 valence electrons. The number of methoxy groups -OCH3 is 1. The molecule has 0 spiro atoms. The lowest BCUT2D eigenvalue weighted by Crippen LogP contribution is -2.16. The monoisotopic (exact) mass is 767 g/mol. The molecular weight excluding hydrogens is 688 g/mol. The number of hydrogen-bond acceptors (Lipinski definition) is 13. The minimum atomic E-state index is 0.327. The van der Waals surface area contributed by atoms with Crippen LogP contribution >= 0.6 is 0 Å². The highest BCUT2D eigenvalue weighted by Crippen LogP contribution is 2.34. The van der Waals surface area contributed by atoms with Crippen LogP contribution < -0.4 is 0 Å². The fraction of sp³-hybridized carbons (Fsp3) is 0.975. The maximum Gasteiger partial charge on any atom is 0.135 e. The molecule has 0 atom stereocenters. The minimum absolute atomic E-state index is 0.327. The van der Waals surface area contributed by atoms with E-state index in [1.54, 1.807) is 7.11 Å². The molecule has 1 aliphatic rings. The molecule has 13 nitrogen and oxygen atoms in total. The number of rotatable bonds is 44. The van der Waals surface area contributed by atoms with Crippen LogP contribution in [0.3, 0.4) is 0 Å². The van der Waals surface area contributed by atoms with E-state index in [1.807, 2.05) is 0 Å². The van der Waals surface area contributed by atoms with E-state index in [1.165, 1.54) is 57.8 Å². The van der Waals surface area contributed by atoms with Gasteiger partial charge in [0.05, 0.1) is 152 Å². The lowest BCUT2D eigenvalue weighted by Gasteiger charge is -2.28. The van der Waals surface area contributed by atoms with Gasteiger partial charge in [0.1, 0.15) is 5.78 Å². The Labute approximate surface area is 321 Å². The third-order valence-electron chi connectivity index (χ3n) is 8.94. The maximum absolute atomic E-state index is 12.3. The Bertz CT molecular complexity index is 725. The van der Waals surface area contributed by atoms with Crippen LogP contribution in [0.5, 0.6) is 0 Å². The largest absolute Gasteiger partial charge is 0.382 e. The first kappa shape index (κ1) is 50.2. The Morgan fingerprint density at radius 2 is 0.679 bits per heavy atom. The van der Waals surface area contributed by atoms with E-state index < -0.39 is 0 Å². The average Bonchev–Trinajstić information content (AvgIpc) is 3.17. The minimum Gasteiger partial charge on any atom is -0.382 e. The zero-order valence-corrected chi connectivity index (χ0v) is 33.7. The van der Waals surface area contributed by atoms with Gasteiger partial charge >= 0.3 is 0 Å². The van der Waals surface area contributed by atoms with Gasteiger partial charge in [-0.15, -0.1) is 0 Å². The van der Waals surface area contributed by atoms with Gasteiger partial charge in [-0.3, -0.25) is 4.79 Å². The summed E-state index contributed by atoms with van der Waals surface area (Å²) in [5.74, 6) is 2.00. The average molecular weight is 767 g/mol. The highest BCUT2D eigenvalue weighted by Gasteiger charge is 2.21. The van der Waals surface area contributed by atoms with E-state index in [2.05, 4.69) is 6.92 Å². The van der Waals surface area contributed by atoms with Gasteiger partial charge in [0.15, 0.2) is 0 Å². The van der Waals surface area contributed by atoms with Crippen LogP contribution in [0, 0.1) is 11.8 Å². The number of unbranched alkanes of at least 4 members (excludes halogenated alkanes) is 3. The van der Waals surface area contributed by atoms with Crippen molar-refractivity contribution < 1.29 is 61.6 Å². The molecule has 53 heavy (non-hydrogen) atoms. The summed E-state index contributed by atoms with van der Waals surface area (Å²) in [5.41, 5.74) is 0. The molecule has 0 N–H and O–H groups in total. The summed E-state index contributed by atoms with van der Waals surface area (Å²) >= 11 is 0. The van der Waals surface area contributed by atoms with Crippen molar-refractivity contribution in [3.8, 4) is 0 Å². The summed E-state index contributed by atoms with van der Waals surface area (Å²) in [5, 5.41) is 0. The van der Waals surface area contributed by atoms with Gasteiger partial charge in [-0.1, -0.05) is 64.7 Å². The van der Waals surface area contributed by atoms with Crippen LogP contribution in [0.2, 0.25) is 0 Å². The molecule has 1 rings (SSSR count). The van der Waals surface area contributed by atoms with Gasteiger partial charge in [-0.05, 0) is 18.3 Å². The molecule has 0 amide bonds. The molecule has 0 bridgehead atoms. The number of ketones is 1. The fourth-order valence-corrected chi connectivity index (χ4v) is 5.79. The van der Waals surface area contributed by atoms with Crippen molar-refractivity contribution in [3.05, 3.63) is 0 Å². The van der Waals surface area contributed by atoms with Crippen molar-refractivity contribution in [3.63, 3.8) is 0 Å². The lowest BCUT2D eigenvalue weighted by atomic mass is 9.78. The van der Waals surface area contributed by atoms with Crippen LogP contribution in [-0.4, -0.2) is 165 Å². The second-order valence-electron chi connectivity index (χ2n) is 13.3. The molecule has 0 aromatic carbocycles. The Morgan fingerprint density at radius 1 is 0.377 bits per heavy atom. The summed E-state index contributed by atoms with van der Waals surface area (Å²) in [4.78, 5) is 12.3. The van der Waals surface area contributed by atoms with Crippen LogP contribution in [0.4, 0.5) is 0 Å². The van der Waals surface area contributed by atoms with E-state index in [-0.39, 0.29) is 0 Å². The number of hydrogen-bond donors (Lipinski definition) is 0. The smallest absolute Gasteiger partial charge is 0.135 e. The van der Waals surface area contributed by atoms with Crippen LogP contribution in [0.15, 0.2) is 0 Å².